The molecule has 21 heavy (non-hydrogen) atoms. The van der Waals surface area contributed by atoms with E-state index in [1.54, 1.807) is 0 Å². The van der Waals surface area contributed by atoms with Crippen LogP contribution in [0.5, 0.6) is 0 Å². The summed E-state index contributed by atoms with van der Waals surface area (Å²) in [5, 5.41) is 3.26. The van der Waals surface area contributed by atoms with E-state index in [1.807, 2.05) is 18.2 Å². The molecule has 1 N–H and O–H groups in total. The predicted octanol–water partition coefficient (Wildman–Crippen LogP) is 1.76. The van der Waals surface area contributed by atoms with E-state index in [4.69, 9.17) is 4.74 Å². The van der Waals surface area contributed by atoms with Gasteiger partial charge >= 0.3 is 0 Å². The quantitative estimate of drug-likeness (QED) is 0.900. The zero-order valence-corrected chi connectivity index (χ0v) is 12.3. The van der Waals surface area contributed by atoms with E-state index >= 15 is 0 Å². The highest BCUT2D eigenvalue weighted by Gasteiger charge is 2.44. The Bertz CT molecular complexity index is 543. The summed E-state index contributed by atoms with van der Waals surface area (Å²) >= 11 is 0. The summed E-state index contributed by atoms with van der Waals surface area (Å²) < 4.78 is 5.47. The van der Waals surface area contributed by atoms with E-state index in [0.717, 1.165) is 51.3 Å². The van der Waals surface area contributed by atoms with Crippen molar-refractivity contribution >= 4 is 5.91 Å². The van der Waals surface area contributed by atoms with Crippen molar-refractivity contribution in [3.63, 3.8) is 0 Å². The van der Waals surface area contributed by atoms with E-state index in [2.05, 4.69) is 16.3 Å². The van der Waals surface area contributed by atoms with Crippen LogP contribution in [0.2, 0.25) is 0 Å². The minimum atomic E-state index is -0.115. The molecular weight excluding hydrogens is 264 g/mol. The number of hydrogen-bond donors (Lipinski definition) is 1. The van der Waals surface area contributed by atoms with Crippen LogP contribution in [-0.4, -0.2) is 43.7 Å². The molecule has 4 heteroatoms. The number of nitrogens with one attached hydrogen (secondary N) is 1. The molecular formula is C17H22N2O2. The number of carbonyl (C=O) groups is 1. The van der Waals surface area contributed by atoms with Crippen LogP contribution in [-0.2, 0) is 10.3 Å². The fourth-order valence-corrected chi connectivity index (χ4v) is 4.05. The molecule has 1 amide bonds. The number of nitrogens with zero attached hydrogens (tertiary/aromatic N) is 1. The molecule has 0 saturated carbocycles. The minimum Gasteiger partial charge on any atom is -0.381 e. The molecule has 0 bridgehead atoms. The van der Waals surface area contributed by atoms with E-state index in [0.29, 0.717) is 5.92 Å². The molecule has 1 aromatic carbocycles. The van der Waals surface area contributed by atoms with Crippen LogP contribution in [0.4, 0.5) is 0 Å². The fourth-order valence-electron chi connectivity index (χ4n) is 4.05. The summed E-state index contributed by atoms with van der Waals surface area (Å²) in [6.07, 6.45) is 3.23. The van der Waals surface area contributed by atoms with Crippen molar-refractivity contribution in [1.29, 1.82) is 0 Å². The lowest BCUT2D eigenvalue weighted by Gasteiger charge is -2.40. The molecule has 4 nitrogen and oxygen atoms in total. The summed E-state index contributed by atoms with van der Waals surface area (Å²) in [5.41, 5.74) is 1.96. The predicted molar refractivity (Wildman–Crippen MR) is 80.2 cm³/mol. The summed E-state index contributed by atoms with van der Waals surface area (Å²) in [5.74, 6) is 0.799. The molecule has 1 unspecified atom stereocenters. The number of hydrogen-bond acceptors (Lipinski definition) is 3. The maximum atomic E-state index is 12.2. The van der Waals surface area contributed by atoms with Crippen LogP contribution in [0, 0.1) is 5.92 Å². The molecule has 1 aromatic rings. The van der Waals surface area contributed by atoms with Crippen LogP contribution in [0.3, 0.4) is 0 Å². The van der Waals surface area contributed by atoms with Gasteiger partial charge in [0, 0.05) is 31.8 Å². The number of amides is 1. The van der Waals surface area contributed by atoms with Gasteiger partial charge in [-0.05, 0) is 36.8 Å². The van der Waals surface area contributed by atoms with Gasteiger partial charge in [-0.1, -0.05) is 18.2 Å². The molecule has 0 aromatic heterocycles. The molecule has 0 radical (unpaired) electrons. The van der Waals surface area contributed by atoms with E-state index in [9.17, 15) is 4.79 Å². The number of ether oxygens (including phenoxy) is 1. The second kappa shape index (κ2) is 5.11. The van der Waals surface area contributed by atoms with Crippen molar-refractivity contribution in [2.24, 2.45) is 5.92 Å². The van der Waals surface area contributed by atoms with Crippen molar-refractivity contribution in [2.45, 2.75) is 24.8 Å². The Hall–Kier alpha value is -1.39. The Morgan fingerprint density at radius 2 is 2.10 bits per heavy atom. The van der Waals surface area contributed by atoms with Crippen molar-refractivity contribution in [3.05, 3.63) is 35.4 Å². The number of rotatable bonds is 2. The third-order valence-electron chi connectivity index (χ3n) is 5.29. The monoisotopic (exact) mass is 286 g/mol. The first-order valence-electron chi connectivity index (χ1n) is 7.99. The Morgan fingerprint density at radius 3 is 2.86 bits per heavy atom. The minimum absolute atomic E-state index is 0.100. The normalized spacial score (nSPS) is 27.8. The number of benzene rings is 1. The summed E-state index contributed by atoms with van der Waals surface area (Å²) in [7, 11) is 0. The second-order valence-electron chi connectivity index (χ2n) is 6.61. The van der Waals surface area contributed by atoms with Crippen molar-refractivity contribution in [2.75, 3.05) is 32.8 Å². The van der Waals surface area contributed by atoms with Crippen LogP contribution >= 0.6 is 0 Å². The number of likely N-dealkylation sites (tertiary alicyclic amines) is 1. The van der Waals surface area contributed by atoms with Crippen LogP contribution in [0.25, 0.3) is 0 Å². The van der Waals surface area contributed by atoms with Gasteiger partial charge in [0.05, 0.1) is 12.1 Å². The van der Waals surface area contributed by atoms with E-state index < -0.39 is 0 Å². The summed E-state index contributed by atoms with van der Waals surface area (Å²) in [6.45, 7) is 5.11. The Balaban J connectivity index is 1.46. The van der Waals surface area contributed by atoms with Crippen LogP contribution in [0.1, 0.15) is 35.2 Å². The van der Waals surface area contributed by atoms with Gasteiger partial charge < -0.3 is 15.0 Å². The SMILES string of the molecule is O=C1NC2(CCN(CC3CCOC3)CC2)c2ccccc21. The third-order valence-corrected chi connectivity index (χ3v) is 5.29. The largest absolute Gasteiger partial charge is 0.381 e. The topological polar surface area (TPSA) is 41.6 Å². The highest BCUT2D eigenvalue weighted by Crippen LogP contribution is 2.39. The first-order chi connectivity index (χ1) is 10.3. The van der Waals surface area contributed by atoms with Crippen LogP contribution in [0.15, 0.2) is 24.3 Å². The van der Waals surface area contributed by atoms with Crippen LogP contribution < -0.4 is 5.32 Å². The van der Waals surface area contributed by atoms with Crippen molar-refractivity contribution < 1.29 is 9.53 Å². The molecule has 112 valence electrons. The van der Waals surface area contributed by atoms with Gasteiger partial charge in [-0.3, -0.25) is 4.79 Å². The molecule has 2 saturated heterocycles. The van der Waals surface area contributed by atoms with Gasteiger partial charge in [-0.15, -0.1) is 0 Å². The third kappa shape index (κ3) is 2.27. The first kappa shape index (κ1) is 13.3. The molecule has 4 rings (SSSR count). The average Bonchev–Trinajstić information content (AvgIpc) is 3.10. The standard InChI is InChI=1S/C17H22N2O2/c20-16-14-3-1-2-4-15(14)17(18-16)6-8-19(9-7-17)11-13-5-10-21-12-13/h1-4,13H,5-12H2,(H,18,20). The average molecular weight is 286 g/mol. The molecule has 3 aliphatic rings. The molecule has 3 heterocycles. The number of piperidine rings is 1. The Morgan fingerprint density at radius 1 is 1.29 bits per heavy atom. The second-order valence-corrected chi connectivity index (χ2v) is 6.61. The van der Waals surface area contributed by atoms with Gasteiger partial charge in [0.25, 0.3) is 5.91 Å². The Labute approximate surface area is 125 Å². The lowest BCUT2D eigenvalue weighted by atomic mass is 9.81. The number of fused-ring (bicyclic) bond motifs is 2. The highest BCUT2D eigenvalue weighted by atomic mass is 16.5. The zero-order valence-electron chi connectivity index (χ0n) is 12.3. The van der Waals surface area contributed by atoms with Crippen molar-refractivity contribution in [1.82, 2.24) is 10.2 Å². The lowest BCUT2D eigenvalue weighted by molar-refractivity contribution is 0.0838. The molecule has 1 atom stereocenters. The van der Waals surface area contributed by atoms with Gasteiger partial charge in [0.2, 0.25) is 0 Å². The maximum Gasteiger partial charge on any atom is 0.252 e. The first-order valence-corrected chi connectivity index (χ1v) is 7.99. The maximum absolute atomic E-state index is 12.2. The molecule has 1 spiro atoms. The summed E-state index contributed by atoms with van der Waals surface area (Å²) in [6, 6.07) is 8.06. The van der Waals surface area contributed by atoms with Gasteiger partial charge in [-0.2, -0.15) is 0 Å². The van der Waals surface area contributed by atoms with Crippen molar-refractivity contribution in [3.8, 4) is 0 Å². The van der Waals surface area contributed by atoms with Gasteiger partial charge in [-0.25, -0.2) is 0 Å². The van der Waals surface area contributed by atoms with E-state index in [1.165, 1.54) is 12.0 Å². The summed E-state index contributed by atoms with van der Waals surface area (Å²) in [4.78, 5) is 14.7. The fraction of sp³-hybridized carbons (Fsp3) is 0.588. The molecule has 0 aliphatic carbocycles. The van der Waals surface area contributed by atoms with Gasteiger partial charge in [0.15, 0.2) is 0 Å². The Kier molecular flexibility index (Phi) is 3.23. The number of carbonyl (C=O) groups excluding carboxylic acids is 1. The smallest absolute Gasteiger partial charge is 0.252 e. The molecule has 3 aliphatic heterocycles. The lowest BCUT2D eigenvalue weighted by Crippen LogP contribution is -2.50. The van der Waals surface area contributed by atoms with E-state index in [-0.39, 0.29) is 11.4 Å². The molecule has 2 fully saturated rings. The highest BCUT2D eigenvalue weighted by molar-refractivity contribution is 6.00. The van der Waals surface area contributed by atoms with Gasteiger partial charge in [0.1, 0.15) is 0 Å². The zero-order chi connectivity index (χ0) is 14.3.